The van der Waals surface area contributed by atoms with Crippen molar-refractivity contribution in [3.05, 3.63) is 11.6 Å². The van der Waals surface area contributed by atoms with Crippen molar-refractivity contribution < 1.29 is 0 Å². The predicted octanol–water partition coefficient (Wildman–Crippen LogP) is 1.65. The van der Waals surface area contributed by atoms with E-state index >= 15 is 0 Å². The molecule has 1 aromatic heterocycles. The van der Waals surface area contributed by atoms with E-state index in [1.165, 1.54) is 19.3 Å². The van der Waals surface area contributed by atoms with Crippen LogP contribution in [0.4, 0.5) is 0 Å². The van der Waals surface area contributed by atoms with Crippen LogP contribution in [0.5, 0.6) is 0 Å². The van der Waals surface area contributed by atoms with E-state index in [4.69, 9.17) is 0 Å². The third kappa shape index (κ3) is 2.43. The molecule has 1 aromatic rings. The summed E-state index contributed by atoms with van der Waals surface area (Å²) in [6.45, 7) is 6.30. The molecule has 2 rings (SSSR count). The van der Waals surface area contributed by atoms with Crippen molar-refractivity contribution in [2.75, 3.05) is 6.54 Å². The molecule has 4 heteroatoms. The number of nitrogens with zero attached hydrogens (tertiary/aromatic N) is 3. The first-order chi connectivity index (χ1) is 7.68. The molecule has 1 heterocycles. The van der Waals surface area contributed by atoms with Crippen molar-refractivity contribution in [3.8, 4) is 0 Å². The van der Waals surface area contributed by atoms with Crippen LogP contribution in [0.25, 0.3) is 0 Å². The van der Waals surface area contributed by atoms with Gasteiger partial charge in [-0.05, 0) is 31.7 Å². The number of nitrogens with one attached hydrogen (secondary N) is 1. The minimum absolute atomic E-state index is 0.834. The number of hydrogen-bond donors (Lipinski definition) is 1. The van der Waals surface area contributed by atoms with Gasteiger partial charge in [-0.25, -0.2) is 0 Å². The Bertz CT molecular complexity index is 345. The second kappa shape index (κ2) is 4.95. The zero-order valence-electron chi connectivity index (χ0n) is 10.5. The van der Waals surface area contributed by atoms with E-state index in [1.807, 2.05) is 18.5 Å². The maximum Gasteiger partial charge on any atom is 0.146 e. The van der Waals surface area contributed by atoms with E-state index in [9.17, 15) is 0 Å². The van der Waals surface area contributed by atoms with Gasteiger partial charge in [-0.1, -0.05) is 19.8 Å². The Kier molecular flexibility index (Phi) is 3.59. The van der Waals surface area contributed by atoms with E-state index in [1.54, 1.807) is 0 Å². The molecule has 0 amide bonds. The van der Waals surface area contributed by atoms with Gasteiger partial charge in [0.2, 0.25) is 0 Å². The molecule has 1 saturated carbocycles. The number of rotatable bonds is 4. The van der Waals surface area contributed by atoms with Crippen LogP contribution in [0.3, 0.4) is 0 Å². The monoisotopic (exact) mass is 222 g/mol. The fourth-order valence-corrected chi connectivity index (χ4v) is 2.50. The van der Waals surface area contributed by atoms with Crippen LogP contribution in [0.1, 0.15) is 37.8 Å². The molecule has 1 fully saturated rings. The first kappa shape index (κ1) is 11.6. The summed E-state index contributed by atoms with van der Waals surface area (Å²) < 4.78 is 2.05. The lowest BCUT2D eigenvalue weighted by atomic mass is 9.98. The second-order valence-corrected chi connectivity index (χ2v) is 5.02. The highest BCUT2D eigenvalue weighted by molar-refractivity contribution is 4.92. The molecule has 1 aliphatic rings. The molecule has 0 bridgehead atoms. The molecular formula is C12H22N4. The summed E-state index contributed by atoms with van der Waals surface area (Å²) in [5, 5.41) is 11.7. The Morgan fingerprint density at radius 2 is 2.19 bits per heavy atom. The van der Waals surface area contributed by atoms with Crippen molar-refractivity contribution in [2.45, 2.75) is 39.7 Å². The minimum Gasteiger partial charge on any atom is -0.317 e. The molecule has 1 N–H and O–H groups in total. The normalized spacial score (nSPS) is 25.2. The van der Waals surface area contributed by atoms with Crippen molar-refractivity contribution in [2.24, 2.45) is 18.9 Å². The number of aromatic nitrogens is 3. The summed E-state index contributed by atoms with van der Waals surface area (Å²) >= 11 is 0. The topological polar surface area (TPSA) is 42.7 Å². The molecule has 0 aliphatic heterocycles. The second-order valence-electron chi connectivity index (χ2n) is 5.02. The molecule has 0 spiro atoms. The molecule has 16 heavy (non-hydrogen) atoms. The molecule has 2 unspecified atom stereocenters. The first-order valence-corrected chi connectivity index (χ1v) is 6.24. The Balaban J connectivity index is 1.77. The highest BCUT2D eigenvalue weighted by Gasteiger charge is 2.22. The molecule has 0 radical (unpaired) electrons. The lowest BCUT2D eigenvalue weighted by molar-refractivity contribution is 0.389. The maximum absolute atomic E-state index is 4.15. The molecule has 2 atom stereocenters. The van der Waals surface area contributed by atoms with Crippen LogP contribution < -0.4 is 5.32 Å². The van der Waals surface area contributed by atoms with Crippen LogP contribution in [0, 0.1) is 18.8 Å². The molecule has 1 aliphatic carbocycles. The largest absolute Gasteiger partial charge is 0.317 e. The van der Waals surface area contributed by atoms with Crippen LogP contribution in [-0.4, -0.2) is 21.3 Å². The Morgan fingerprint density at radius 1 is 1.38 bits per heavy atom. The summed E-state index contributed by atoms with van der Waals surface area (Å²) in [4.78, 5) is 0. The van der Waals surface area contributed by atoms with E-state index in [0.29, 0.717) is 0 Å². The lowest BCUT2D eigenvalue weighted by Crippen LogP contribution is -2.25. The summed E-state index contributed by atoms with van der Waals surface area (Å²) in [6, 6.07) is 0. The van der Waals surface area contributed by atoms with Gasteiger partial charge in [0.05, 0.1) is 6.54 Å². The molecule has 0 saturated heterocycles. The summed E-state index contributed by atoms with van der Waals surface area (Å²) in [7, 11) is 2.02. The van der Waals surface area contributed by atoms with E-state index in [-0.39, 0.29) is 0 Å². The molecule has 0 aromatic carbocycles. The van der Waals surface area contributed by atoms with Gasteiger partial charge in [0.25, 0.3) is 0 Å². The Labute approximate surface area is 97.5 Å². The van der Waals surface area contributed by atoms with E-state index < -0.39 is 0 Å². The van der Waals surface area contributed by atoms with Gasteiger partial charge in [-0.15, -0.1) is 10.2 Å². The SMILES string of the molecule is Cc1nnc(CNCC2CCCC2C)n1C. The highest BCUT2D eigenvalue weighted by Crippen LogP contribution is 2.30. The summed E-state index contributed by atoms with van der Waals surface area (Å²) in [5.74, 6) is 3.75. The molecular weight excluding hydrogens is 200 g/mol. The smallest absolute Gasteiger partial charge is 0.146 e. The summed E-state index contributed by atoms with van der Waals surface area (Å²) in [5.41, 5.74) is 0. The number of aryl methyl sites for hydroxylation is 1. The van der Waals surface area contributed by atoms with Crippen LogP contribution in [0.2, 0.25) is 0 Å². The first-order valence-electron chi connectivity index (χ1n) is 6.24. The third-order valence-electron chi connectivity index (χ3n) is 3.91. The highest BCUT2D eigenvalue weighted by atomic mass is 15.3. The predicted molar refractivity (Wildman–Crippen MR) is 64.0 cm³/mol. The number of hydrogen-bond acceptors (Lipinski definition) is 3. The van der Waals surface area contributed by atoms with E-state index in [2.05, 4.69) is 22.4 Å². The average molecular weight is 222 g/mol. The van der Waals surface area contributed by atoms with Crippen molar-refractivity contribution >= 4 is 0 Å². The van der Waals surface area contributed by atoms with Crippen molar-refractivity contribution in [1.29, 1.82) is 0 Å². The molecule has 90 valence electrons. The quantitative estimate of drug-likeness (QED) is 0.842. The standard InChI is InChI=1S/C12H22N4/c1-9-5-4-6-11(9)7-13-8-12-15-14-10(2)16(12)3/h9,11,13H,4-8H2,1-3H3. The molecule has 4 nitrogen and oxygen atoms in total. The Morgan fingerprint density at radius 3 is 2.75 bits per heavy atom. The van der Waals surface area contributed by atoms with Gasteiger partial charge in [0.15, 0.2) is 0 Å². The minimum atomic E-state index is 0.834. The fourth-order valence-electron chi connectivity index (χ4n) is 2.50. The van der Waals surface area contributed by atoms with Gasteiger partial charge < -0.3 is 9.88 Å². The third-order valence-corrected chi connectivity index (χ3v) is 3.91. The lowest BCUT2D eigenvalue weighted by Gasteiger charge is -2.15. The zero-order chi connectivity index (χ0) is 11.5. The maximum atomic E-state index is 4.15. The van der Waals surface area contributed by atoms with E-state index in [0.717, 1.165) is 36.6 Å². The van der Waals surface area contributed by atoms with Gasteiger partial charge in [-0.2, -0.15) is 0 Å². The van der Waals surface area contributed by atoms with Crippen LogP contribution in [0.15, 0.2) is 0 Å². The van der Waals surface area contributed by atoms with Gasteiger partial charge in [0, 0.05) is 7.05 Å². The fraction of sp³-hybridized carbons (Fsp3) is 0.833. The Hall–Kier alpha value is -0.900. The van der Waals surface area contributed by atoms with Gasteiger partial charge >= 0.3 is 0 Å². The van der Waals surface area contributed by atoms with Crippen molar-refractivity contribution in [3.63, 3.8) is 0 Å². The van der Waals surface area contributed by atoms with Crippen LogP contribution in [-0.2, 0) is 13.6 Å². The van der Waals surface area contributed by atoms with Gasteiger partial charge in [-0.3, -0.25) is 0 Å². The average Bonchev–Trinajstić information content (AvgIpc) is 2.80. The van der Waals surface area contributed by atoms with Gasteiger partial charge in [0.1, 0.15) is 11.6 Å². The van der Waals surface area contributed by atoms with Crippen LogP contribution >= 0.6 is 0 Å². The zero-order valence-corrected chi connectivity index (χ0v) is 10.5. The summed E-state index contributed by atoms with van der Waals surface area (Å²) in [6.07, 6.45) is 4.18. The van der Waals surface area contributed by atoms with Crippen molar-refractivity contribution in [1.82, 2.24) is 20.1 Å².